The summed E-state index contributed by atoms with van der Waals surface area (Å²) in [5.74, 6) is 1.54. The van der Waals surface area contributed by atoms with E-state index in [1.807, 2.05) is 36.4 Å². The van der Waals surface area contributed by atoms with Crippen molar-refractivity contribution in [2.45, 2.75) is 44.2 Å². The number of hydrogen-bond donors (Lipinski definition) is 1. The lowest BCUT2D eigenvalue weighted by Gasteiger charge is -2.30. The van der Waals surface area contributed by atoms with E-state index in [0.717, 1.165) is 33.7 Å². The zero-order valence-corrected chi connectivity index (χ0v) is 18.5. The zero-order chi connectivity index (χ0) is 22.8. The highest BCUT2D eigenvalue weighted by Crippen LogP contribution is 2.36. The van der Waals surface area contributed by atoms with Gasteiger partial charge in [0.15, 0.2) is 11.5 Å². The molecule has 5 rings (SSSR count). The SMILES string of the molecule is CN(Cc1ccc2nccnc2c1)C(=O)CC[C@@]1(Cc2ccc3c(c2)OCO3)CCC(=O)N1. The smallest absolute Gasteiger partial charge is 0.231 e. The number of benzene rings is 2. The van der Waals surface area contributed by atoms with Crippen LogP contribution in [0, 0.1) is 0 Å². The Morgan fingerprint density at radius 3 is 2.67 bits per heavy atom. The van der Waals surface area contributed by atoms with Crippen molar-refractivity contribution in [1.82, 2.24) is 20.2 Å². The average molecular weight is 447 g/mol. The first kappa shape index (κ1) is 21.2. The van der Waals surface area contributed by atoms with Gasteiger partial charge in [0.25, 0.3) is 0 Å². The van der Waals surface area contributed by atoms with Crippen LogP contribution in [-0.2, 0) is 22.6 Å². The quantitative estimate of drug-likeness (QED) is 0.600. The lowest BCUT2D eigenvalue weighted by molar-refractivity contribution is -0.131. The van der Waals surface area contributed by atoms with E-state index in [1.165, 1.54) is 0 Å². The molecule has 2 aliphatic rings. The lowest BCUT2D eigenvalue weighted by Crippen LogP contribution is -2.44. The Hall–Kier alpha value is -3.68. The second kappa shape index (κ2) is 8.69. The van der Waals surface area contributed by atoms with Crippen molar-refractivity contribution in [2.75, 3.05) is 13.8 Å². The highest BCUT2D eigenvalue weighted by atomic mass is 16.7. The summed E-state index contributed by atoms with van der Waals surface area (Å²) in [6.45, 7) is 0.720. The van der Waals surface area contributed by atoms with Crippen LogP contribution in [0.2, 0.25) is 0 Å². The molecule has 8 nitrogen and oxygen atoms in total. The second-order valence-corrected chi connectivity index (χ2v) is 8.82. The Balaban J connectivity index is 1.24. The number of nitrogens with zero attached hydrogens (tertiary/aromatic N) is 3. The standard InChI is InChI=1S/C25H26N4O4/c1-29(15-18-2-4-19-20(12-18)27-11-10-26-19)24(31)7-9-25(8-6-23(30)28-25)14-17-3-5-21-22(13-17)33-16-32-21/h2-5,10-13H,6-9,14-16H2,1H3,(H,28,30)/t25-/m1/s1. The molecule has 3 heterocycles. The minimum Gasteiger partial charge on any atom is -0.454 e. The number of hydrogen-bond acceptors (Lipinski definition) is 6. The van der Waals surface area contributed by atoms with Crippen LogP contribution < -0.4 is 14.8 Å². The summed E-state index contributed by atoms with van der Waals surface area (Å²) in [7, 11) is 1.81. The van der Waals surface area contributed by atoms with Crippen molar-refractivity contribution in [3.05, 3.63) is 59.9 Å². The van der Waals surface area contributed by atoms with Crippen LogP contribution in [0.5, 0.6) is 11.5 Å². The minimum atomic E-state index is -0.431. The highest BCUT2D eigenvalue weighted by Gasteiger charge is 2.38. The summed E-state index contributed by atoms with van der Waals surface area (Å²) in [6, 6.07) is 11.7. The predicted octanol–water partition coefficient (Wildman–Crippen LogP) is 2.99. The Bertz CT molecular complexity index is 1210. The molecule has 0 saturated carbocycles. The third kappa shape index (κ3) is 4.60. The molecule has 0 spiro atoms. The molecule has 0 unspecified atom stereocenters. The van der Waals surface area contributed by atoms with Gasteiger partial charge in [-0.1, -0.05) is 12.1 Å². The molecule has 0 aliphatic carbocycles. The van der Waals surface area contributed by atoms with Crippen LogP contribution in [0.1, 0.15) is 36.8 Å². The van der Waals surface area contributed by atoms with Crippen molar-refractivity contribution in [1.29, 1.82) is 0 Å². The third-order valence-corrected chi connectivity index (χ3v) is 6.41. The third-order valence-electron chi connectivity index (χ3n) is 6.41. The largest absolute Gasteiger partial charge is 0.454 e. The molecular formula is C25H26N4O4. The number of ether oxygens (including phenoxy) is 2. The van der Waals surface area contributed by atoms with E-state index < -0.39 is 5.54 Å². The lowest BCUT2D eigenvalue weighted by atomic mass is 9.84. The molecule has 1 aromatic heterocycles. The summed E-state index contributed by atoms with van der Waals surface area (Å²) in [5.41, 5.74) is 3.27. The Kier molecular flexibility index (Phi) is 5.58. The normalized spacial score (nSPS) is 19.0. The molecule has 2 amide bonds. The van der Waals surface area contributed by atoms with Crippen molar-refractivity contribution in [3.8, 4) is 11.5 Å². The molecule has 170 valence electrons. The van der Waals surface area contributed by atoms with E-state index in [9.17, 15) is 9.59 Å². The number of nitrogens with one attached hydrogen (secondary N) is 1. The van der Waals surface area contributed by atoms with Crippen LogP contribution in [0.3, 0.4) is 0 Å². The Morgan fingerprint density at radius 1 is 1.06 bits per heavy atom. The molecule has 33 heavy (non-hydrogen) atoms. The molecule has 2 aliphatic heterocycles. The summed E-state index contributed by atoms with van der Waals surface area (Å²) in [4.78, 5) is 35.4. The predicted molar refractivity (Wildman–Crippen MR) is 122 cm³/mol. The maximum atomic E-state index is 12.9. The van der Waals surface area contributed by atoms with Gasteiger partial charge in [0.05, 0.1) is 11.0 Å². The van der Waals surface area contributed by atoms with Gasteiger partial charge in [-0.3, -0.25) is 19.6 Å². The Labute approximate surface area is 191 Å². The van der Waals surface area contributed by atoms with E-state index in [0.29, 0.717) is 38.6 Å². The van der Waals surface area contributed by atoms with Crippen LogP contribution in [0.4, 0.5) is 0 Å². The fourth-order valence-electron chi connectivity index (χ4n) is 4.63. The van der Waals surface area contributed by atoms with Gasteiger partial charge in [-0.15, -0.1) is 0 Å². The van der Waals surface area contributed by atoms with Crippen LogP contribution >= 0.6 is 0 Å². The van der Waals surface area contributed by atoms with E-state index in [1.54, 1.807) is 24.3 Å². The minimum absolute atomic E-state index is 0.0359. The number of amides is 2. The second-order valence-electron chi connectivity index (χ2n) is 8.82. The van der Waals surface area contributed by atoms with Crippen molar-refractivity contribution >= 4 is 22.8 Å². The summed E-state index contributed by atoms with van der Waals surface area (Å²) in [6.07, 6.45) is 6.10. The van der Waals surface area contributed by atoms with E-state index in [4.69, 9.17) is 9.47 Å². The van der Waals surface area contributed by atoms with Gasteiger partial charge in [0, 0.05) is 44.4 Å². The Morgan fingerprint density at radius 2 is 1.85 bits per heavy atom. The van der Waals surface area contributed by atoms with Gasteiger partial charge < -0.3 is 19.7 Å². The van der Waals surface area contributed by atoms with E-state index in [2.05, 4.69) is 15.3 Å². The molecule has 2 aromatic carbocycles. The molecule has 1 saturated heterocycles. The van der Waals surface area contributed by atoms with E-state index in [-0.39, 0.29) is 18.6 Å². The monoisotopic (exact) mass is 446 g/mol. The van der Waals surface area contributed by atoms with Gasteiger partial charge in [-0.25, -0.2) is 0 Å². The van der Waals surface area contributed by atoms with Crippen LogP contribution in [0.15, 0.2) is 48.8 Å². The topological polar surface area (TPSA) is 93.7 Å². The zero-order valence-electron chi connectivity index (χ0n) is 18.5. The van der Waals surface area contributed by atoms with Gasteiger partial charge in [0.2, 0.25) is 18.6 Å². The molecular weight excluding hydrogens is 420 g/mol. The average Bonchev–Trinajstić information content (AvgIpc) is 3.43. The van der Waals surface area contributed by atoms with Gasteiger partial charge >= 0.3 is 0 Å². The first-order valence-corrected chi connectivity index (χ1v) is 11.1. The van der Waals surface area contributed by atoms with Gasteiger partial charge in [0.1, 0.15) is 0 Å². The molecule has 0 radical (unpaired) electrons. The number of carbonyl (C=O) groups is 2. The molecule has 1 N–H and O–H groups in total. The maximum Gasteiger partial charge on any atom is 0.231 e. The summed E-state index contributed by atoms with van der Waals surface area (Å²) in [5, 5.41) is 3.15. The van der Waals surface area contributed by atoms with Crippen molar-refractivity contribution < 1.29 is 19.1 Å². The van der Waals surface area contributed by atoms with E-state index >= 15 is 0 Å². The first-order chi connectivity index (χ1) is 16.0. The molecule has 1 fully saturated rings. The molecule has 8 heteroatoms. The van der Waals surface area contributed by atoms with Crippen LogP contribution in [0.25, 0.3) is 11.0 Å². The molecule has 1 atom stereocenters. The van der Waals surface area contributed by atoms with Gasteiger partial charge in [-0.2, -0.15) is 0 Å². The molecule has 3 aromatic rings. The number of aromatic nitrogens is 2. The maximum absolute atomic E-state index is 12.9. The number of carbonyl (C=O) groups excluding carboxylic acids is 2. The van der Waals surface area contributed by atoms with Gasteiger partial charge in [-0.05, 0) is 54.7 Å². The summed E-state index contributed by atoms with van der Waals surface area (Å²) < 4.78 is 10.9. The fraction of sp³-hybridized carbons (Fsp3) is 0.360. The molecule has 0 bridgehead atoms. The number of fused-ring (bicyclic) bond motifs is 2. The van der Waals surface area contributed by atoms with Crippen molar-refractivity contribution in [3.63, 3.8) is 0 Å². The van der Waals surface area contributed by atoms with Crippen LogP contribution in [-0.4, -0.2) is 46.1 Å². The fourth-order valence-corrected chi connectivity index (χ4v) is 4.63. The first-order valence-electron chi connectivity index (χ1n) is 11.1. The highest BCUT2D eigenvalue weighted by molar-refractivity contribution is 5.80. The summed E-state index contributed by atoms with van der Waals surface area (Å²) >= 11 is 0. The van der Waals surface area contributed by atoms with Crippen molar-refractivity contribution in [2.24, 2.45) is 0 Å². The number of rotatable bonds is 7.